The maximum Gasteiger partial charge on any atom is 0.261 e. The Kier molecular flexibility index (Phi) is 8.43. The Labute approximate surface area is 213 Å². The van der Waals surface area contributed by atoms with Gasteiger partial charge in [-0.2, -0.15) is 0 Å². The highest BCUT2D eigenvalue weighted by Crippen LogP contribution is 2.37. The first kappa shape index (κ1) is 25.6. The van der Waals surface area contributed by atoms with Crippen molar-refractivity contribution in [3.8, 4) is 0 Å². The molecule has 35 heavy (non-hydrogen) atoms. The smallest absolute Gasteiger partial charge is 0.261 e. The molecule has 1 heterocycles. The summed E-state index contributed by atoms with van der Waals surface area (Å²) in [5.41, 5.74) is 2.62. The summed E-state index contributed by atoms with van der Waals surface area (Å²) in [6.45, 7) is 12.1. The van der Waals surface area contributed by atoms with Gasteiger partial charge in [0, 0.05) is 6.61 Å². The van der Waals surface area contributed by atoms with Crippen molar-refractivity contribution in [2.75, 3.05) is 6.61 Å². The predicted octanol–water partition coefficient (Wildman–Crippen LogP) is 6.69. The van der Waals surface area contributed by atoms with Crippen LogP contribution >= 0.6 is 0 Å². The minimum Gasteiger partial charge on any atom is -0.407 e. The number of benzene rings is 3. The fourth-order valence-electron chi connectivity index (χ4n) is 5.47. The topological polar surface area (TPSA) is 18.5 Å². The van der Waals surface area contributed by atoms with Gasteiger partial charge in [0.05, 0.1) is 12.2 Å². The summed E-state index contributed by atoms with van der Waals surface area (Å²) >= 11 is 0. The van der Waals surface area contributed by atoms with E-state index in [0.29, 0.717) is 0 Å². The van der Waals surface area contributed by atoms with Gasteiger partial charge in [0.2, 0.25) is 0 Å². The molecule has 4 rings (SSSR count). The molecule has 3 heteroatoms. The largest absolute Gasteiger partial charge is 0.407 e. The Morgan fingerprint density at radius 2 is 1.37 bits per heavy atom. The molecule has 3 aromatic carbocycles. The zero-order chi connectivity index (χ0) is 24.7. The Bertz CT molecular complexity index is 1020. The minimum absolute atomic E-state index is 0.00565. The second-order valence-electron chi connectivity index (χ2n) is 10.8. The van der Waals surface area contributed by atoms with E-state index in [1.807, 2.05) is 0 Å². The van der Waals surface area contributed by atoms with Gasteiger partial charge in [-0.05, 0) is 58.7 Å². The third-order valence-corrected chi connectivity index (χ3v) is 12.3. The van der Waals surface area contributed by atoms with Crippen molar-refractivity contribution in [2.24, 2.45) is 0 Å². The molecule has 3 aromatic rings. The van der Waals surface area contributed by atoms with Crippen LogP contribution in [-0.4, -0.2) is 27.1 Å². The van der Waals surface area contributed by atoms with Gasteiger partial charge >= 0.3 is 0 Å². The molecule has 184 valence electrons. The lowest BCUT2D eigenvalue weighted by atomic mass is 10.0. The zero-order valence-electron chi connectivity index (χ0n) is 21.6. The molecule has 1 saturated heterocycles. The third kappa shape index (κ3) is 6.03. The molecule has 0 N–H and O–H groups in total. The average molecular weight is 485 g/mol. The highest BCUT2D eigenvalue weighted by Gasteiger charge is 2.50. The molecule has 2 nitrogen and oxygen atoms in total. The minimum atomic E-state index is -2.47. The molecular formula is C32H40O2Si. The van der Waals surface area contributed by atoms with Crippen molar-refractivity contribution in [1.29, 1.82) is 0 Å². The number of aryl methyl sites for hydroxylation is 1. The van der Waals surface area contributed by atoms with Gasteiger partial charge in [-0.25, -0.2) is 0 Å². The molecule has 0 aromatic heterocycles. The van der Waals surface area contributed by atoms with Crippen molar-refractivity contribution in [3.05, 3.63) is 109 Å². The van der Waals surface area contributed by atoms with E-state index < -0.39 is 8.32 Å². The molecule has 0 bridgehead atoms. The van der Waals surface area contributed by atoms with Crippen molar-refractivity contribution in [3.63, 3.8) is 0 Å². The van der Waals surface area contributed by atoms with Gasteiger partial charge in [0.15, 0.2) is 0 Å². The van der Waals surface area contributed by atoms with Crippen LogP contribution in [0.15, 0.2) is 103 Å². The Morgan fingerprint density at radius 3 is 1.91 bits per heavy atom. The summed E-state index contributed by atoms with van der Waals surface area (Å²) in [6.07, 6.45) is 5.47. The maximum atomic E-state index is 7.05. The summed E-state index contributed by atoms with van der Waals surface area (Å²) in [5, 5.41) is 2.67. The van der Waals surface area contributed by atoms with Crippen LogP contribution in [0.3, 0.4) is 0 Å². The predicted molar refractivity (Wildman–Crippen MR) is 150 cm³/mol. The lowest BCUT2D eigenvalue weighted by Gasteiger charge is -2.43. The third-order valence-electron chi connectivity index (χ3n) is 7.25. The van der Waals surface area contributed by atoms with Crippen molar-refractivity contribution < 1.29 is 9.16 Å². The van der Waals surface area contributed by atoms with Crippen LogP contribution in [-0.2, 0) is 15.6 Å². The highest BCUT2D eigenvalue weighted by atomic mass is 28.4. The van der Waals surface area contributed by atoms with Crippen LogP contribution in [0.25, 0.3) is 0 Å². The van der Waals surface area contributed by atoms with Crippen molar-refractivity contribution in [2.45, 2.75) is 70.1 Å². The fourth-order valence-corrected chi connectivity index (χ4v) is 10.1. The first-order valence-electron chi connectivity index (χ1n) is 13.0. The molecule has 2 atom stereocenters. The summed E-state index contributed by atoms with van der Waals surface area (Å²) in [5.74, 6) is 0. The molecule has 0 unspecified atom stereocenters. The number of hydrogen-bond acceptors (Lipinski definition) is 2. The van der Waals surface area contributed by atoms with Gasteiger partial charge in [-0.15, -0.1) is 0 Å². The molecule has 0 spiro atoms. The normalized spacial score (nSPS) is 18.7. The molecular weight excluding hydrogens is 444 g/mol. The molecule has 0 amide bonds. The van der Waals surface area contributed by atoms with E-state index in [9.17, 15) is 0 Å². The Hall–Kier alpha value is -2.46. The summed E-state index contributed by atoms with van der Waals surface area (Å²) in [4.78, 5) is 0. The monoisotopic (exact) mass is 484 g/mol. The number of ether oxygens (including phenoxy) is 1. The summed E-state index contributed by atoms with van der Waals surface area (Å²) < 4.78 is 13.5. The van der Waals surface area contributed by atoms with E-state index in [-0.39, 0.29) is 17.2 Å². The quantitative estimate of drug-likeness (QED) is 0.181. The first-order chi connectivity index (χ1) is 16.9. The molecule has 1 fully saturated rings. The van der Waals surface area contributed by atoms with Crippen LogP contribution in [0, 0.1) is 0 Å². The van der Waals surface area contributed by atoms with E-state index in [2.05, 4.69) is 118 Å². The van der Waals surface area contributed by atoms with Crippen LogP contribution in [0.2, 0.25) is 5.04 Å². The van der Waals surface area contributed by atoms with E-state index in [0.717, 1.165) is 38.7 Å². The molecule has 1 aliphatic rings. The molecule has 0 radical (unpaired) electrons. The van der Waals surface area contributed by atoms with Crippen molar-refractivity contribution in [1.82, 2.24) is 0 Å². The molecule has 0 aliphatic carbocycles. The Balaban J connectivity index is 1.39. The van der Waals surface area contributed by atoms with Gasteiger partial charge < -0.3 is 9.16 Å². The number of rotatable bonds is 10. The Morgan fingerprint density at radius 1 is 0.829 bits per heavy atom. The molecule has 1 aliphatic heterocycles. The van der Waals surface area contributed by atoms with E-state index in [1.165, 1.54) is 21.5 Å². The van der Waals surface area contributed by atoms with E-state index in [4.69, 9.17) is 9.16 Å². The van der Waals surface area contributed by atoms with Crippen LogP contribution in [0.5, 0.6) is 0 Å². The second-order valence-corrected chi connectivity index (χ2v) is 15.1. The van der Waals surface area contributed by atoms with Crippen LogP contribution in [0.4, 0.5) is 0 Å². The van der Waals surface area contributed by atoms with Gasteiger partial charge in [0.1, 0.15) is 0 Å². The van der Waals surface area contributed by atoms with Crippen LogP contribution in [0.1, 0.15) is 52.0 Å². The average Bonchev–Trinajstić information content (AvgIpc) is 3.23. The zero-order valence-corrected chi connectivity index (χ0v) is 22.6. The maximum absolute atomic E-state index is 7.05. The van der Waals surface area contributed by atoms with Gasteiger partial charge in [-0.1, -0.05) is 118 Å². The fraction of sp³-hybridized carbons (Fsp3) is 0.375. The lowest BCUT2D eigenvalue weighted by Crippen LogP contribution is -2.66. The second kappa shape index (κ2) is 11.5. The van der Waals surface area contributed by atoms with E-state index >= 15 is 0 Å². The number of hydrogen-bond donors (Lipinski definition) is 0. The SMILES string of the molecule is C=C1C[C@H](CCc2ccccc2)O[C@@H]1CCCO[Si](c1ccccc1)(c1ccccc1)C(C)(C)C. The van der Waals surface area contributed by atoms with Gasteiger partial charge in [0.25, 0.3) is 8.32 Å². The lowest BCUT2D eigenvalue weighted by molar-refractivity contribution is 0.0405. The summed E-state index contributed by atoms with van der Waals surface area (Å²) in [7, 11) is -2.47. The van der Waals surface area contributed by atoms with Crippen molar-refractivity contribution >= 4 is 18.7 Å². The highest BCUT2D eigenvalue weighted by molar-refractivity contribution is 6.99. The summed E-state index contributed by atoms with van der Waals surface area (Å²) in [6, 6.07) is 32.4. The first-order valence-corrected chi connectivity index (χ1v) is 14.9. The van der Waals surface area contributed by atoms with Crippen LogP contribution < -0.4 is 10.4 Å². The van der Waals surface area contributed by atoms with Gasteiger partial charge in [-0.3, -0.25) is 0 Å². The standard InChI is InChI=1S/C32H40O2Si/c1-26-25-28(23-22-27-15-8-5-9-16-27)34-31(26)21-14-24-33-35(32(2,3)4,29-17-10-6-11-18-29)30-19-12-7-13-20-30/h5-13,15-20,28,31H,1,14,21-25H2,2-4H3/t28-,31+/m0/s1. The van der Waals surface area contributed by atoms with E-state index in [1.54, 1.807) is 0 Å². The molecule has 0 saturated carbocycles.